The normalized spacial score (nSPS) is 10.0. The second-order valence-electron chi connectivity index (χ2n) is 3.53. The van der Waals surface area contributed by atoms with Crippen LogP contribution in [-0.2, 0) is 0 Å². The summed E-state index contributed by atoms with van der Waals surface area (Å²) in [5, 5.41) is 19.3. The molecule has 0 aliphatic carbocycles. The van der Waals surface area contributed by atoms with Crippen LogP contribution in [0.5, 0.6) is 11.5 Å². The predicted molar refractivity (Wildman–Crippen MR) is 91.3 cm³/mol. The molecule has 2 aromatic rings. The van der Waals surface area contributed by atoms with Crippen LogP contribution < -0.4 is 0 Å². The molecule has 0 saturated carbocycles. The van der Waals surface area contributed by atoms with Crippen molar-refractivity contribution in [2.45, 2.75) is 0 Å². The summed E-state index contributed by atoms with van der Waals surface area (Å²) < 4.78 is 0. The van der Waals surface area contributed by atoms with Gasteiger partial charge in [-0.05, 0) is 12.1 Å². The van der Waals surface area contributed by atoms with E-state index in [1.807, 2.05) is 0 Å². The number of benzene rings is 2. The predicted octanol–water partition coefficient (Wildman–Crippen LogP) is 7.36. The fraction of sp³-hybridized carbons (Fsp3) is 0. The van der Waals surface area contributed by atoms with E-state index in [1.165, 1.54) is 18.2 Å². The molecule has 0 aromatic heterocycles. The molecular weight excluding hydrogens is 424 g/mol. The molecule has 2 nitrogen and oxygen atoms in total. The summed E-state index contributed by atoms with van der Waals surface area (Å²) in [7, 11) is 0. The van der Waals surface area contributed by atoms with Gasteiger partial charge >= 0.3 is 0 Å². The lowest BCUT2D eigenvalue weighted by Crippen LogP contribution is -1.75. The Morgan fingerprint density at radius 3 is 1.33 bits per heavy atom. The highest BCUT2D eigenvalue weighted by Gasteiger charge is 2.11. The number of halogens is 7. The maximum atomic E-state index is 9.14. The summed E-state index contributed by atoms with van der Waals surface area (Å²) in [6.07, 6.45) is 0. The first-order valence-electron chi connectivity index (χ1n) is 5.00. The van der Waals surface area contributed by atoms with Crippen molar-refractivity contribution in [2.24, 2.45) is 0 Å². The average molecular weight is 429 g/mol. The van der Waals surface area contributed by atoms with Gasteiger partial charge in [0, 0.05) is 6.07 Å². The molecule has 2 N–H and O–H groups in total. The Morgan fingerprint density at radius 1 is 0.524 bits per heavy atom. The maximum Gasteiger partial charge on any atom is 0.155 e. The van der Waals surface area contributed by atoms with Crippen LogP contribution in [0.4, 0.5) is 0 Å². The first kappa shape index (κ1) is 19.1. The average Bonchev–Trinajstić information content (AvgIpc) is 2.42. The zero-order valence-electron chi connectivity index (χ0n) is 9.77. The minimum atomic E-state index is -0.286. The smallest absolute Gasteiger partial charge is 0.155 e. The van der Waals surface area contributed by atoms with E-state index in [4.69, 9.17) is 91.4 Å². The van der Waals surface area contributed by atoms with Gasteiger partial charge in [-0.3, -0.25) is 0 Å². The summed E-state index contributed by atoms with van der Waals surface area (Å²) >= 11 is 38.8. The standard InChI is InChI=1S/C6H2Cl4O.C6H3Cl3O/c7-2-1-3(8)5(10)6(11)4(2)9;7-3-1-5(9)6(10)2-4(3)8/h1,11H;1-2,10H. The van der Waals surface area contributed by atoms with Crippen molar-refractivity contribution in [1.82, 2.24) is 0 Å². The van der Waals surface area contributed by atoms with Gasteiger partial charge in [-0.1, -0.05) is 81.2 Å². The monoisotopic (exact) mass is 426 g/mol. The lowest BCUT2D eigenvalue weighted by atomic mass is 10.3. The molecular formula is C12H5Cl7O2. The maximum absolute atomic E-state index is 9.14. The fourth-order valence-corrected chi connectivity index (χ4v) is 2.41. The molecule has 0 bridgehead atoms. The molecule has 21 heavy (non-hydrogen) atoms. The van der Waals surface area contributed by atoms with Crippen LogP contribution in [0.1, 0.15) is 0 Å². The molecule has 9 heteroatoms. The second-order valence-corrected chi connectivity index (χ2v) is 6.33. The number of hydrogen-bond acceptors (Lipinski definition) is 2. The summed E-state index contributed by atoms with van der Waals surface area (Å²) in [4.78, 5) is 0. The van der Waals surface area contributed by atoms with Crippen LogP contribution in [0, 0.1) is 0 Å². The van der Waals surface area contributed by atoms with Crippen molar-refractivity contribution in [3.63, 3.8) is 0 Å². The number of hydrogen-bond donors (Lipinski definition) is 2. The second kappa shape index (κ2) is 8.07. The Labute approximate surface area is 155 Å². The number of aromatic hydroxyl groups is 2. The van der Waals surface area contributed by atoms with Crippen LogP contribution in [0.15, 0.2) is 18.2 Å². The fourth-order valence-electron chi connectivity index (χ4n) is 1.07. The Balaban J connectivity index is 0.000000211. The first-order chi connectivity index (χ1) is 9.65. The molecule has 0 aliphatic heterocycles. The quantitative estimate of drug-likeness (QED) is 0.430. The lowest BCUT2D eigenvalue weighted by molar-refractivity contribution is 0.475. The Hall–Kier alpha value is 0.0700. The van der Waals surface area contributed by atoms with Gasteiger partial charge < -0.3 is 10.2 Å². The van der Waals surface area contributed by atoms with Crippen LogP contribution in [0.3, 0.4) is 0 Å². The van der Waals surface area contributed by atoms with Crippen LogP contribution in [0.2, 0.25) is 35.2 Å². The largest absolute Gasteiger partial charge is 0.506 e. The van der Waals surface area contributed by atoms with Crippen molar-refractivity contribution in [3.8, 4) is 11.5 Å². The molecule has 0 aliphatic rings. The molecule has 0 spiro atoms. The van der Waals surface area contributed by atoms with Crippen molar-refractivity contribution in [2.75, 3.05) is 0 Å². The molecule has 2 aromatic carbocycles. The molecule has 0 saturated heterocycles. The van der Waals surface area contributed by atoms with Crippen molar-refractivity contribution >= 4 is 81.2 Å². The number of phenolic OH excluding ortho intramolecular Hbond substituents is 2. The molecule has 0 heterocycles. The lowest BCUT2D eigenvalue weighted by Gasteiger charge is -2.02. The SMILES string of the molecule is Oc1c(Cl)c(Cl)cc(Cl)c1Cl.Oc1cc(Cl)c(Cl)cc1Cl. The van der Waals surface area contributed by atoms with E-state index in [0.717, 1.165) is 0 Å². The van der Waals surface area contributed by atoms with Gasteiger partial charge in [-0.2, -0.15) is 0 Å². The van der Waals surface area contributed by atoms with E-state index < -0.39 is 0 Å². The van der Waals surface area contributed by atoms with Gasteiger partial charge in [0.05, 0.1) is 25.1 Å². The summed E-state index contributed by atoms with van der Waals surface area (Å²) in [6.45, 7) is 0. The van der Waals surface area contributed by atoms with E-state index >= 15 is 0 Å². The molecule has 114 valence electrons. The van der Waals surface area contributed by atoms with Gasteiger partial charge in [0.2, 0.25) is 0 Å². The third-order valence-electron chi connectivity index (χ3n) is 2.08. The minimum absolute atomic E-state index is 0.0149. The van der Waals surface area contributed by atoms with E-state index in [-0.39, 0.29) is 36.6 Å². The van der Waals surface area contributed by atoms with Crippen molar-refractivity contribution in [1.29, 1.82) is 0 Å². The third-order valence-corrected chi connectivity index (χ3v) is 4.66. The van der Waals surface area contributed by atoms with Crippen molar-refractivity contribution in [3.05, 3.63) is 53.4 Å². The number of phenols is 2. The molecule has 0 unspecified atom stereocenters. The van der Waals surface area contributed by atoms with Gasteiger partial charge in [0.15, 0.2) is 5.75 Å². The molecule has 0 radical (unpaired) electrons. The third kappa shape index (κ3) is 5.04. The van der Waals surface area contributed by atoms with Crippen molar-refractivity contribution < 1.29 is 10.2 Å². The summed E-state index contributed by atoms with van der Waals surface area (Å²) in [5.74, 6) is -0.345. The van der Waals surface area contributed by atoms with Crippen LogP contribution >= 0.6 is 81.2 Å². The Kier molecular flexibility index (Phi) is 7.35. The Bertz CT molecular complexity index is 597. The topological polar surface area (TPSA) is 40.5 Å². The first-order valence-corrected chi connectivity index (χ1v) is 7.65. The van der Waals surface area contributed by atoms with E-state index in [2.05, 4.69) is 0 Å². The molecule has 0 atom stereocenters. The molecule has 0 fully saturated rings. The summed E-state index contributed by atoms with van der Waals surface area (Å²) in [6, 6.07) is 4.06. The van der Waals surface area contributed by atoms with Crippen LogP contribution in [-0.4, -0.2) is 10.2 Å². The summed E-state index contributed by atoms with van der Waals surface area (Å²) in [5.41, 5.74) is 0. The molecule has 0 amide bonds. The minimum Gasteiger partial charge on any atom is -0.506 e. The van der Waals surface area contributed by atoms with E-state index in [1.54, 1.807) is 0 Å². The zero-order valence-corrected chi connectivity index (χ0v) is 15.1. The van der Waals surface area contributed by atoms with Crippen LogP contribution in [0.25, 0.3) is 0 Å². The highest BCUT2D eigenvalue weighted by atomic mass is 35.5. The Morgan fingerprint density at radius 2 is 0.905 bits per heavy atom. The van der Waals surface area contributed by atoms with Gasteiger partial charge in [-0.25, -0.2) is 0 Å². The van der Waals surface area contributed by atoms with E-state index in [0.29, 0.717) is 10.0 Å². The van der Waals surface area contributed by atoms with Gasteiger partial charge in [0.1, 0.15) is 15.8 Å². The highest BCUT2D eigenvalue weighted by Crippen LogP contribution is 2.41. The highest BCUT2D eigenvalue weighted by molar-refractivity contribution is 6.48. The number of rotatable bonds is 0. The van der Waals surface area contributed by atoms with Gasteiger partial charge in [-0.15, -0.1) is 0 Å². The van der Waals surface area contributed by atoms with Gasteiger partial charge in [0.25, 0.3) is 0 Å². The zero-order chi connectivity index (χ0) is 16.3. The molecule has 2 rings (SSSR count). The van der Waals surface area contributed by atoms with E-state index in [9.17, 15) is 0 Å².